The molecule has 670 valence electrons. The van der Waals surface area contributed by atoms with E-state index in [0.29, 0.717) is 5.56 Å². The molecule has 0 radical (unpaired) electrons. The van der Waals surface area contributed by atoms with Crippen molar-refractivity contribution in [1.82, 2.24) is 21.3 Å². The molecule has 4 heterocycles. The zero-order valence-electron chi connectivity index (χ0n) is 72.7. The van der Waals surface area contributed by atoms with Crippen molar-refractivity contribution in [3.05, 3.63) is 246 Å². The highest BCUT2D eigenvalue weighted by Crippen LogP contribution is 2.44. The number of carbonyl (C=O) groups excluding carboxylic acids is 6. The molecule has 7 aromatic rings. The van der Waals surface area contributed by atoms with Gasteiger partial charge in [0.25, 0.3) is 0 Å². The Balaban J connectivity index is 1.06. The van der Waals surface area contributed by atoms with Crippen molar-refractivity contribution in [3.63, 3.8) is 0 Å². The summed E-state index contributed by atoms with van der Waals surface area (Å²) in [6, 6.07) is 61.0. The van der Waals surface area contributed by atoms with E-state index in [2.05, 4.69) is 55.1 Å². The van der Waals surface area contributed by atoms with Gasteiger partial charge in [-0.2, -0.15) is 0 Å². The van der Waals surface area contributed by atoms with E-state index in [4.69, 9.17) is 85.0 Å². The predicted molar refractivity (Wildman–Crippen MR) is 461 cm³/mol. The highest BCUT2D eigenvalue weighted by molar-refractivity contribution is 7.99. The van der Waals surface area contributed by atoms with E-state index in [1.165, 1.54) is 67.5 Å². The van der Waals surface area contributed by atoms with Gasteiger partial charge in [-0.3, -0.25) is 19.2 Å². The van der Waals surface area contributed by atoms with Crippen LogP contribution in [0.2, 0.25) is 18.1 Å². The summed E-state index contributed by atoms with van der Waals surface area (Å²) < 4.78 is 125. The van der Waals surface area contributed by atoms with Crippen molar-refractivity contribution in [2.24, 2.45) is 0 Å². The van der Waals surface area contributed by atoms with Gasteiger partial charge < -0.3 is 106 Å². The minimum absolute atomic E-state index is 0.0272. The zero-order chi connectivity index (χ0) is 88.3. The van der Waals surface area contributed by atoms with E-state index in [1.54, 1.807) is 0 Å². The van der Waals surface area contributed by atoms with Gasteiger partial charge in [0, 0.05) is 32.6 Å². The third-order valence-electron chi connectivity index (χ3n) is 22.1. The molecule has 4 N–H and O–H groups in total. The van der Waals surface area contributed by atoms with E-state index >= 15 is 0 Å². The van der Waals surface area contributed by atoms with Crippen LogP contribution in [0.5, 0.6) is 0 Å². The van der Waals surface area contributed by atoms with Crippen LogP contribution in [0.3, 0.4) is 0 Å². The number of methoxy groups -OCH3 is 2. The van der Waals surface area contributed by atoms with E-state index in [0.717, 1.165) is 32.7 Å². The first-order valence-corrected chi connectivity index (χ1v) is 45.8. The number of thioether (sulfide) groups is 1. The van der Waals surface area contributed by atoms with Crippen molar-refractivity contribution in [1.29, 1.82) is 0 Å². The molecule has 0 bridgehead atoms. The normalized spacial score (nSPS) is 27.0. The van der Waals surface area contributed by atoms with Gasteiger partial charge in [0.2, 0.25) is 23.6 Å². The second kappa shape index (κ2) is 47.2. The molecule has 4 fully saturated rings. The Morgan fingerprint density at radius 3 is 0.944 bits per heavy atom. The van der Waals surface area contributed by atoms with Gasteiger partial charge in [0.05, 0.1) is 86.3 Å². The standard InChI is InChI=1S/C94H120N4O24SSi/c1-59(88(103)105-10)113-86-78(97-63(5)101)92(116-73(56-108-50-66-37-23-15-24-38-66)81(86)120-91-77(96-62(4)100)85(112-54-70-45-31-19-32-46-70)83(122-124(12,13)94(7,8)9)75(117-91)58-110-52-68-41-27-17-28-42-68)119-80-72(55-107-49-65-35-21-14-22-36-65)115-90(76(95-61(3)99)84(80)111-53-69-43-29-18-30-44-69)121-82-74(57-109-51-67-39-25-16-26-40-67)118-93(123-71-47-33-20-34-48-71)79(98-64(6)102)87(82)114-60(2)89(104)106-11/h14-48,59-60,72-87,90-93H,49-58H2,1-13H3,(H,95,99)(H,96,100)(H,97,101)(H,98,102)/t59-,60-,72-,73-,74-,75-,76-,77-,78-,79-,80-,81-,82-,83-,84-,85-,86-,87-,90+,91+,92+,93+/m1/s1. The van der Waals surface area contributed by atoms with Crippen molar-refractivity contribution >= 4 is 55.6 Å². The summed E-state index contributed by atoms with van der Waals surface area (Å²) in [6.45, 7) is 18.3. The molecule has 22 atom stereocenters. The number of rotatable bonds is 42. The lowest BCUT2D eigenvalue weighted by Gasteiger charge is -2.53. The minimum atomic E-state index is -2.82. The van der Waals surface area contributed by atoms with E-state index in [9.17, 15) is 28.8 Å². The molecule has 11 rings (SSSR count). The molecule has 4 amide bonds. The van der Waals surface area contributed by atoms with Gasteiger partial charge >= 0.3 is 11.9 Å². The maximum absolute atomic E-state index is 14.6. The van der Waals surface area contributed by atoms with Crippen LogP contribution in [0.25, 0.3) is 0 Å². The fourth-order valence-corrected chi connectivity index (χ4v) is 17.5. The number of hydrogen-bond acceptors (Lipinski definition) is 25. The summed E-state index contributed by atoms with van der Waals surface area (Å²) >= 11 is 1.30. The van der Waals surface area contributed by atoms with E-state index in [-0.39, 0.29) is 71.1 Å². The molecule has 0 saturated carbocycles. The van der Waals surface area contributed by atoms with Crippen LogP contribution in [0, 0.1) is 0 Å². The van der Waals surface area contributed by atoms with Crippen LogP contribution >= 0.6 is 11.8 Å². The maximum Gasteiger partial charge on any atom is 0.334 e. The molecule has 4 aliphatic rings. The van der Waals surface area contributed by atoms with Gasteiger partial charge in [-0.05, 0) is 77.5 Å². The lowest BCUT2D eigenvalue weighted by Crippen LogP contribution is -2.73. The molecule has 0 aliphatic carbocycles. The molecule has 30 heteroatoms. The Morgan fingerprint density at radius 2 is 0.629 bits per heavy atom. The largest absolute Gasteiger partial charge is 0.467 e. The molecule has 0 unspecified atom stereocenters. The number of esters is 2. The number of hydrogen-bond donors (Lipinski definition) is 4. The molecule has 7 aromatic carbocycles. The number of benzene rings is 7. The van der Waals surface area contributed by atoms with Crippen LogP contribution in [-0.4, -0.2) is 218 Å². The second-order valence-corrected chi connectivity index (χ2v) is 38.6. The first kappa shape index (κ1) is 95.9. The van der Waals surface area contributed by atoms with Crippen molar-refractivity contribution in [3.8, 4) is 0 Å². The molecule has 4 saturated heterocycles. The molecular formula is C94H120N4O24SSi. The summed E-state index contributed by atoms with van der Waals surface area (Å²) in [5.74, 6) is -3.71. The van der Waals surface area contributed by atoms with Gasteiger partial charge in [0.1, 0.15) is 96.8 Å². The van der Waals surface area contributed by atoms with Gasteiger partial charge in [0.15, 0.2) is 39.4 Å². The molecule has 0 aromatic heterocycles. The average Bonchev–Trinajstić information content (AvgIpc) is 0.748. The third kappa shape index (κ3) is 27.6. The first-order chi connectivity index (χ1) is 59.7. The Bertz CT molecular complexity index is 4410. The monoisotopic (exact) mass is 1750 g/mol. The zero-order valence-corrected chi connectivity index (χ0v) is 74.5. The summed E-state index contributed by atoms with van der Waals surface area (Å²) in [7, 11) is -0.377. The Morgan fingerprint density at radius 1 is 0.363 bits per heavy atom. The van der Waals surface area contributed by atoms with Gasteiger partial charge in [-0.25, -0.2) is 9.59 Å². The second-order valence-electron chi connectivity index (χ2n) is 32.7. The fraction of sp³-hybridized carbons (Fsp3) is 0.489. The molecule has 0 spiro atoms. The first-order valence-electron chi connectivity index (χ1n) is 42.0. The molecule has 4 aliphatic heterocycles. The van der Waals surface area contributed by atoms with Crippen LogP contribution in [0.1, 0.15) is 95.7 Å². The lowest BCUT2D eigenvalue weighted by atomic mass is 9.92. The van der Waals surface area contributed by atoms with E-state index in [1.807, 2.05) is 212 Å². The number of amides is 4. The van der Waals surface area contributed by atoms with Gasteiger partial charge in [-0.15, -0.1) is 0 Å². The molecule has 28 nitrogen and oxygen atoms in total. The third-order valence-corrected chi connectivity index (χ3v) is 27.8. The van der Waals surface area contributed by atoms with Crippen LogP contribution in [0.15, 0.2) is 217 Å². The Labute approximate surface area is 732 Å². The van der Waals surface area contributed by atoms with Crippen LogP contribution in [-0.2, 0) is 153 Å². The quantitative estimate of drug-likeness (QED) is 0.0204. The fourth-order valence-electron chi connectivity index (χ4n) is 15.0. The van der Waals surface area contributed by atoms with Crippen molar-refractivity contribution in [2.75, 3.05) is 40.6 Å². The van der Waals surface area contributed by atoms with Crippen LogP contribution < -0.4 is 21.3 Å². The maximum atomic E-state index is 14.6. The molecule has 124 heavy (non-hydrogen) atoms. The number of ether oxygens (including phenoxy) is 17. The predicted octanol–water partition coefficient (Wildman–Crippen LogP) is 11.2. The lowest BCUT2D eigenvalue weighted by molar-refractivity contribution is -0.367. The van der Waals surface area contributed by atoms with E-state index < -0.39 is 178 Å². The van der Waals surface area contributed by atoms with Crippen LogP contribution in [0.4, 0.5) is 0 Å². The van der Waals surface area contributed by atoms with Crippen molar-refractivity contribution < 1.29 is 114 Å². The van der Waals surface area contributed by atoms with Gasteiger partial charge in [-0.1, -0.05) is 233 Å². The summed E-state index contributed by atoms with van der Waals surface area (Å²) in [5, 5.41) is 12.1. The minimum Gasteiger partial charge on any atom is -0.467 e. The molecular weight excluding hydrogens is 1630 g/mol. The summed E-state index contributed by atoms with van der Waals surface area (Å²) in [5.41, 5.74) is 3.86. The average molecular weight is 1750 g/mol. The Hall–Kier alpha value is -8.71. The highest BCUT2D eigenvalue weighted by atomic mass is 32.2. The Kier molecular flexibility index (Phi) is 36.5. The topological polar surface area (TPSA) is 317 Å². The summed E-state index contributed by atoms with van der Waals surface area (Å²) in [6.07, 6.45) is -23.0. The highest BCUT2D eigenvalue weighted by Gasteiger charge is 2.60. The SMILES string of the molecule is COC(=O)[C@@H](C)O[C@@H]1[C@@H](NC(C)=O)[C@H](Sc2ccccc2)O[C@H](COCc2ccccc2)[C@H]1O[C@@H]1O[C@H](COCc2ccccc2)[C@@H](O[C@@H]2O[C@H](COCc3ccccc3)[C@@H](O[C@@H]3O[C@H](COCc4ccccc4)[C@@H](O[Si](C)(C)C(C)(C)C)[C@H](OCc4ccccc4)[C@H]3NC(C)=O)[C@H](O[C@H](C)C(=O)OC)[C@H]2NC(C)=O)[C@H](OCc2ccccc2)[C@H]1NC(C)=O. The smallest absolute Gasteiger partial charge is 0.334 e. The number of carbonyl (C=O) groups is 6. The number of nitrogens with one attached hydrogen (secondary N) is 4. The summed E-state index contributed by atoms with van der Waals surface area (Å²) in [4.78, 5) is 85.9. The van der Waals surface area contributed by atoms with Crippen molar-refractivity contribution in [2.45, 2.75) is 259 Å².